The van der Waals surface area contributed by atoms with Crippen LogP contribution in [-0.4, -0.2) is 32.3 Å². The fourth-order valence-corrected chi connectivity index (χ4v) is 2.23. The van der Waals surface area contributed by atoms with Gasteiger partial charge in [0.2, 0.25) is 0 Å². The molecule has 0 unspecified atom stereocenters. The number of rotatable bonds is 5. The summed E-state index contributed by atoms with van der Waals surface area (Å²) in [5, 5.41) is 16.4. The largest absolute Gasteiger partial charge is 0.506 e. The second-order valence-electron chi connectivity index (χ2n) is 5.32. The summed E-state index contributed by atoms with van der Waals surface area (Å²) in [6, 6.07) is 3.31. The van der Waals surface area contributed by atoms with Crippen LogP contribution in [0, 0.1) is 5.41 Å². The summed E-state index contributed by atoms with van der Waals surface area (Å²) in [6.45, 7) is 1.43. The minimum atomic E-state index is -0.208. The van der Waals surface area contributed by atoms with Crippen LogP contribution in [-0.2, 0) is 6.54 Å². The molecule has 2 N–H and O–H groups in total. The molecule has 0 bridgehead atoms. The van der Waals surface area contributed by atoms with Crippen molar-refractivity contribution in [2.75, 3.05) is 6.54 Å². The molecule has 1 aliphatic rings. The Kier molecular flexibility index (Phi) is 3.14. The van der Waals surface area contributed by atoms with Crippen molar-refractivity contribution < 1.29 is 9.90 Å². The Morgan fingerprint density at radius 1 is 1.45 bits per heavy atom. The maximum atomic E-state index is 12.0. The van der Waals surface area contributed by atoms with Crippen molar-refractivity contribution in [2.24, 2.45) is 5.41 Å². The highest BCUT2D eigenvalue weighted by Gasteiger charge is 2.43. The molecule has 6 heteroatoms. The van der Waals surface area contributed by atoms with E-state index in [-0.39, 0.29) is 17.1 Å². The van der Waals surface area contributed by atoms with Gasteiger partial charge in [-0.05, 0) is 25.0 Å². The average Bonchev–Trinajstić information content (AvgIpc) is 3.01. The number of aromatic hydroxyl groups is 1. The third-order valence-electron chi connectivity index (χ3n) is 3.62. The molecule has 0 aliphatic heterocycles. The maximum absolute atomic E-state index is 12.0. The minimum Gasteiger partial charge on any atom is -0.506 e. The van der Waals surface area contributed by atoms with Crippen molar-refractivity contribution >= 4 is 5.91 Å². The van der Waals surface area contributed by atoms with Crippen LogP contribution in [0.4, 0.5) is 0 Å². The van der Waals surface area contributed by atoms with Gasteiger partial charge in [0.15, 0.2) is 0 Å². The molecule has 1 saturated carbocycles. The van der Waals surface area contributed by atoms with Gasteiger partial charge in [-0.2, -0.15) is 5.10 Å². The fraction of sp³-hybridized carbons (Fsp3) is 0.357. The fourth-order valence-electron chi connectivity index (χ4n) is 2.23. The first-order valence-electron chi connectivity index (χ1n) is 6.57. The number of nitrogens with zero attached hydrogens (tertiary/aromatic N) is 3. The zero-order chi connectivity index (χ0) is 14.0. The van der Waals surface area contributed by atoms with Crippen molar-refractivity contribution in [1.29, 1.82) is 0 Å². The highest BCUT2D eigenvalue weighted by atomic mass is 16.3. The van der Waals surface area contributed by atoms with Crippen LogP contribution in [0.5, 0.6) is 5.75 Å². The predicted molar refractivity (Wildman–Crippen MR) is 72.1 cm³/mol. The molecule has 0 aromatic carbocycles. The Balaban J connectivity index is 1.58. The molecule has 0 saturated heterocycles. The van der Waals surface area contributed by atoms with Crippen molar-refractivity contribution in [3.63, 3.8) is 0 Å². The van der Waals surface area contributed by atoms with Gasteiger partial charge < -0.3 is 10.4 Å². The van der Waals surface area contributed by atoms with Gasteiger partial charge in [0.25, 0.3) is 5.91 Å². The van der Waals surface area contributed by atoms with Crippen LogP contribution in [0.25, 0.3) is 0 Å². The lowest BCUT2D eigenvalue weighted by atomic mass is 10.1. The quantitative estimate of drug-likeness (QED) is 0.857. The molecule has 2 heterocycles. The first-order chi connectivity index (χ1) is 9.67. The molecule has 3 rings (SSSR count). The van der Waals surface area contributed by atoms with E-state index in [0.717, 1.165) is 19.4 Å². The molecule has 0 spiro atoms. The van der Waals surface area contributed by atoms with Gasteiger partial charge in [-0.25, -0.2) is 0 Å². The van der Waals surface area contributed by atoms with E-state index in [1.807, 2.05) is 16.9 Å². The van der Waals surface area contributed by atoms with Crippen molar-refractivity contribution in [1.82, 2.24) is 20.1 Å². The van der Waals surface area contributed by atoms with Crippen LogP contribution in [0.15, 0.2) is 36.9 Å². The lowest BCUT2D eigenvalue weighted by molar-refractivity contribution is 0.0941. The molecule has 20 heavy (non-hydrogen) atoms. The van der Waals surface area contributed by atoms with Gasteiger partial charge in [-0.15, -0.1) is 0 Å². The zero-order valence-corrected chi connectivity index (χ0v) is 11.0. The van der Waals surface area contributed by atoms with Crippen molar-refractivity contribution in [2.45, 2.75) is 19.4 Å². The van der Waals surface area contributed by atoms with E-state index in [1.165, 1.54) is 18.5 Å². The Labute approximate surface area is 116 Å². The molecule has 6 nitrogen and oxygen atoms in total. The van der Waals surface area contributed by atoms with E-state index < -0.39 is 0 Å². The number of carbonyl (C=O) groups is 1. The summed E-state index contributed by atoms with van der Waals surface area (Å²) < 4.78 is 1.90. The van der Waals surface area contributed by atoms with E-state index in [4.69, 9.17) is 0 Å². The number of amides is 1. The predicted octanol–water partition coefficient (Wildman–Crippen LogP) is 1.19. The van der Waals surface area contributed by atoms with Crippen LogP contribution < -0.4 is 5.32 Å². The topological polar surface area (TPSA) is 80.0 Å². The number of carbonyl (C=O) groups excluding carboxylic acids is 1. The molecule has 1 aliphatic carbocycles. The summed E-state index contributed by atoms with van der Waals surface area (Å²) in [5.41, 5.74) is 0.492. The van der Waals surface area contributed by atoms with Crippen LogP contribution in [0.2, 0.25) is 0 Å². The van der Waals surface area contributed by atoms with Crippen LogP contribution >= 0.6 is 0 Å². The first-order valence-corrected chi connectivity index (χ1v) is 6.57. The van der Waals surface area contributed by atoms with Crippen molar-refractivity contribution in [3.05, 3.63) is 42.5 Å². The SMILES string of the molecule is O=C(NCC1(Cn2cccn2)CC1)c1cncc(O)c1. The summed E-state index contributed by atoms with van der Waals surface area (Å²) in [6.07, 6.45) is 8.62. The first kappa shape index (κ1) is 12.7. The Bertz CT molecular complexity index is 605. The average molecular weight is 272 g/mol. The van der Waals surface area contributed by atoms with Gasteiger partial charge >= 0.3 is 0 Å². The highest BCUT2D eigenvalue weighted by Crippen LogP contribution is 2.46. The van der Waals surface area contributed by atoms with E-state index in [2.05, 4.69) is 15.4 Å². The lowest BCUT2D eigenvalue weighted by Gasteiger charge is -2.16. The van der Waals surface area contributed by atoms with E-state index in [1.54, 1.807) is 6.20 Å². The molecule has 1 fully saturated rings. The van der Waals surface area contributed by atoms with Crippen LogP contribution in [0.1, 0.15) is 23.2 Å². The normalized spacial score (nSPS) is 15.8. The molecular weight excluding hydrogens is 256 g/mol. The summed E-state index contributed by atoms with van der Waals surface area (Å²) >= 11 is 0. The molecule has 2 aromatic heterocycles. The third kappa shape index (κ3) is 2.79. The molecule has 104 valence electrons. The highest BCUT2D eigenvalue weighted by molar-refractivity contribution is 5.94. The third-order valence-corrected chi connectivity index (χ3v) is 3.62. The summed E-state index contributed by atoms with van der Waals surface area (Å²) in [5.74, 6) is -0.213. The number of hydrogen-bond donors (Lipinski definition) is 2. The Morgan fingerprint density at radius 3 is 2.95 bits per heavy atom. The number of nitrogens with one attached hydrogen (secondary N) is 1. The number of aromatic nitrogens is 3. The minimum absolute atomic E-state index is 0.00433. The lowest BCUT2D eigenvalue weighted by Crippen LogP contribution is -2.32. The van der Waals surface area contributed by atoms with Gasteiger partial charge in [0.05, 0.1) is 11.8 Å². The summed E-state index contributed by atoms with van der Waals surface area (Å²) in [4.78, 5) is 15.8. The second kappa shape index (κ2) is 4.96. The standard InChI is InChI=1S/C14H16N4O2/c19-12-6-11(7-15-8-12)13(20)16-9-14(2-3-14)10-18-5-1-4-17-18/h1,4-8,19H,2-3,9-10H2,(H,16,20). The van der Waals surface area contributed by atoms with Crippen LogP contribution in [0.3, 0.4) is 0 Å². The van der Waals surface area contributed by atoms with E-state index in [9.17, 15) is 9.90 Å². The molecular formula is C14H16N4O2. The Morgan fingerprint density at radius 2 is 2.30 bits per heavy atom. The van der Waals surface area contributed by atoms with Crippen molar-refractivity contribution in [3.8, 4) is 5.75 Å². The second-order valence-corrected chi connectivity index (χ2v) is 5.32. The van der Waals surface area contributed by atoms with Gasteiger partial charge in [0, 0.05) is 37.1 Å². The van der Waals surface area contributed by atoms with E-state index >= 15 is 0 Å². The monoisotopic (exact) mass is 272 g/mol. The molecule has 2 aromatic rings. The summed E-state index contributed by atoms with van der Waals surface area (Å²) in [7, 11) is 0. The van der Waals surface area contributed by atoms with Gasteiger partial charge in [-0.3, -0.25) is 14.5 Å². The van der Waals surface area contributed by atoms with Gasteiger partial charge in [0.1, 0.15) is 5.75 Å². The zero-order valence-electron chi connectivity index (χ0n) is 11.0. The number of pyridine rings is 1. The molecule has 0 radical (unpaired) electrons. The molecule has 0 atom stereocenters. The number of hydrogen-bond acceptors (Lipinski definition) is 4. The smallest absolute Gasteiger partial charge is 0.253 e. The molecule has 1 amide bonds. The van der Waals surface area contributed by atoms with E-state index in [0.29, 0.717) is 12.1 Å². The van der Waals surface area contributed by atoms with Gasteiger partial charge in [-0.1, -0.05) is 0 Å². The Hall–Kier alpha value is -2.37. The maximum Gasteiger partial charge on any atom is 0.253 e.